The minimum absolute atomic E-state index is 0.0638. The highest BCUT2D eigenvalue weighted by atomic mass is 16.5. The lowest BCUT2D eigenvalue weighted by atomic mass is 10.2. The van der Waals surface area contributed by atoms with Crippen LogP contribution in [0.5, 0.6) is 0 Å². The number of oxazole rings is 1. The van der Waals surface area contributed by atoms with Crippen molar-refractivity contribution in [2.45, 2.75) is 13.1 Å². The number of benzene rings is 1. The van der Waals surface area contributed by atoms with Gasteiger partial charge in [-0.05, 0) is 5.56 Å². The fraction of sp³-hybridized carbons (Fsp3) is 0.353. The van der Waals surface area contributed by atoms with Crippen LogP contribution in [-0.4, -0.2) is 49.3 Å². The van der Waals surface area contributed by atoms with Crippen molar-refractivity contribution in [1.82, 2.24) is 15.2 Å². The number of hydrogen-bond donors (Lipinski definition) is 1. The molecule has 0 atom stereocenters. The molecule has 0 bridgehead atoms. The molecule has 1 aromatic carbocycles. The van der Waals surface area contributed by atoms with E-state index in [9.17, 15) is 9.59 Å². The summed E-state index contributed by atoms with van der Waals surface area (Å²) in [5.74, 6) is -0.349. The van der Waals surface area contributed by atoms with Crippen LogP contribution in [0.25, 0.3) is 0 Å². The van der Waals surface area contributed by atoms with Gasteiger partial charge < -0.3 is 24.1 Å². The molecule has 2 rings (SSSR count). The smallest absolute Gasteiger partial charge is 0.360 e. The Kier molecular flexibility index (Phi) is 6.97. The lowest BCUT2D eigenvalue weighted by Gasteiger charge is -2.21. The van der Waals surface area contributed by atoms with Gasteiger partial charge >= 0.3 is 12.0 Å². The van der Waals surface area contributed by atoms with E-state index in [4.69, 9.17) is 9.15 Å². The van der Waals surface area contributed by atoms with Gasteiger partial charge in [-0.3, -0.25) is 0 Å². The molecule has 0 aliphatic rings. The van der Waals surface area contributed by atoms with E-state index in [1.165, 1.54) is 18.3 Å². The van der Waals surface area contributed by atoms with Gasteiger partial charge in [0.2, 0.25) is 5.89 Å². The SMILES string of the molecule is COCCN(Cc1nc(C(=O)OC)co1)C(=O)NCc1ccccc1. The van der Waals surface area contributed by atoms with Crippen molar-refractivity contribution >= 4 is 12.0 Å². The van der Waals surface area contributed by atoms with Gasteiger partial charge in [-0.2, -0.15) is 0 Å². The average molecular weight is 347 g/mol. The Morgan fingerprint density at radius 3 is 2.68 bits per heavy atom. The molecule has 0 radical (unpaired) electrons. The molecule has 1 N–H and O–H groups in total. The molecule has 0 aliphatic carbocycles. The van der Waals surface area contributed by atoms with Crippen LogP contribution in [0, 0.1) is 0 Å². The zero-order valence-electron chi connectivity index (χ0n) is 14.2. The van der Waals surface area contributed by atoms with Crippen LogP contribution < -0.4 is 5.32 Å². The molecule has 0 saturated heterocycles. The predicted molar refractivity (Wildman–Crippen MR) is 88.8 cm³/mol. The second kappa shape index (κ2) is 9.43. The number of esters is 1. The summed E-state index contributed by atoms with van der Waals surface area (Å²) >= 11 is 0. The normalized spacial score (nSPS) is 10.3. The molecular weight excluding hydrogens is 326 g/mol. The van der Waals surface area contributed by atoms with E-state index in [0.717, 1.165) is 5.56 Å². The summed E-state index contributed by atoms with van der Waals surface area (Å²) in [7, 11) is 2.82. The van der Waals surface area contributed by atoms with Crippen LogP contribution in [0.15, 0.2) is 41.0 Å². The number of carbonyl (C=O) groups is 2. The first-order valence-electron chi connectivity index (χ1n) is 7.72. The molecule has 2 aromatic rings. The summed E-state index contributed by atoms with van der Waals surface area (Å²) in [5, 5.41) is 2.84. The Balaban J connectivity index is 1.98. The predicted octanol–water partition coefficient (Wildman–Crippen LogP) is 1.82. The molecule has 1 heterocycles. The molecule has 0 saturated carbocycles. The number of methoxy groups -OCH3 is 2. The Labute approximate surface area is 145 Å². The fourth-order valence-electron chi connectivity index (χ4n) is 2.08. The number of aromatic nitrogens is 1. The number of nitrogens with zero attached hydrogens (tertiary/aromatic N) is 2. The van der Waals surface area contributed by atoms with E-state index in [0.29, 0.717) is 19.7 Å². The van der Waals surface area contributed by atoms with Crippen molar-refractivity contribution in [3.05, 3.63) is 53.7 Å². The van der Waals surface area contributed by atoms with Crippen LogP contribution in [0.3, 0.4) is 0 Å². The number of amides is 2. The summed E-state index contributed by atoms with van der Waals surface area (Å²) in [4.78, 5) is 29.4. The van der Waals surface area contributed by atoms with Crippen LogP contribution in [-0.2, 0) is 22.6 Å². The van der Waals surface area contributed by atoms with Crippen molar-refractivity contribution in [1.29, 1.82) is 0 Å². The molecule has 8 heteroatoms. The molecule has 2 amide bonds. The summed E-state index contributed by atoms with van der Waals surface area (Å²) in [6, 6.07) is 9.31. The molecule has 0 aliphatic heterocycles. The van der Waals surface area contributed by atoms with Gasteiger partial charge in [0.1, 0.15) is 6.26 Å². The Bertz CT molecular complexity index is 687. The molecule has 25 heavy (non-hydrogen) atoms. The molecule has 0 unspecified atom stereocenters. The van der Waals surface area contributed by atoms with Gasteiger partial charge in [0.15, 0.2) is 5.69 Å². The molecule has 0 fully saturated rings. The van der Waals surface area contributed by atoms with Gasteiger partial charge in [0.25, 0.3) is 0 Å². The lowest BCUT2D eigenvalue weighted by molar-refractivity contribution is 0.0594. The highest BCUT2D eigenvalue weighted by molar-refractivity contribution is 5.86. The van der Waals surface area contributed by atoms with Gasteiger partial charge in [-0.1, -0.05) is 30.3 Å². The number of rotatable bonds is 8. The summed E-state index contributed by atoms with van der Waals surface area (Å²) in [5.41, 5.74) is 1.06. The Morgan fingerprint density at radius 2 is 2.00 bits per heavy atom. The first-order chi connectivity index (χ1) is 12.1. The summed E-state index contributed by atoms with van der Waals surface area (Å²) in [6.45, 7) is 1.24. The fourth-order valence-corrected chi connectivity index (χ4v) is 2.08. The maximum absolute atomic E-state index is 12.4. The van der Waals surface area contributed by atoms with E-state index in [2.05, 4.69) is 15.0 Å². The molecule has 0 spiro atoms. The summed E-state index contributed by atoms with van der Waals surface area (Å²) < 4.78 is 14.9. The van der Waals surface area contributed by atoms with Gasteiger partial charge in [0, 0.05) is 20.2 Å². The van der Waals surface area contributed by atoms with Crippen LogP contribution >= 0.6 is 0 Å². The monoisotopic (exact) mass is 347 g/mol. The number of hydrogen-bond acceptors (Lipinski definition) is 6. The number of nitrogens with one attached hydrogen (secondary N) is 1. The zero-order valence-corrected chi connectivity index (χ0v) is 14.2. The third-order valence-electron chi connectivity index (χ3n) is 3.41. The topological polar surface area (TPSA) is 93.9 Å². The quantitative estimate of drug-likeness (QED) is 0.732. The molecule has 134 valence electrons. The first kappa shape index (κ1) is 18.5. The second-order valence-electron chi connectivity index (χ2n) is 5.18. The van der Waals surface area contributed by atoms with Crippen molar-refractivity contribution in [2.75, 3.05) is 27.4 Å². The summed E-state index contributed by atoms with van der Waals surface area (Å²) in [6.07, 6.45) is 1.21. The van der Waals surface area contributed by atoms with Crippen LogP contribution in [0.1, 0.15) is 21.9 Å². The minimum Gasteiger partial charge on any atom is -0.464 e. The highest BCUT2D eigenvalue weighted by Crippen LogP contribution is 2.08. The maximum Gasteiger partial charge on any atom is 0.360 e. The van der Waals surface area contributed by atoms with Crippen molar-refractivity contribution < 1.29 is 23.5 Å². The minimum atomic E-state index is -0.591. The van der Waals surface area contributed by atoms with E-state index >= 15 is 0 Å². The molecule has 8 nitrogen and oxygen atoms in total. The van der Waals surface area contributed by atoms with Crippen molar-refractivity contribution in [3.8, 4) is 0 Å². The number of carbonyl (C=O) groups excluding carboxylic acids is 2. The van der Waals surface area contributed by atoms with Crippen LogP contribution in [0.2, 0.25) is 0 Å². The first-order valence-corrected chi connectivity index (χ1v) is 7.72. The molecule has 1 aromatic heterocycles. The van der Waals surface area contributed by atoms with Crippen LogP contribution in [0.4, 0.5) is 4.79 Å². The standard InChI is InChI=1S/C17H21N3O5/c1-23-9-8-20(11-15-19-14(12-25-15)16(21)24-2)17(22)18-10-13-6-4-3-5-7-13/h3-7,12H,8-11H2,1-2H3,(H,18,22). The zero-order chi connectivity index (χ0) is 18.1. The van der Waals surface area contributed by atoms with Gasteiger partial charge in [0.05, 0.1) is 20.3 Å². The number of urea groups is 1. The van der Waals surface area contributed by atoms with Gasteiger partial charge in [-0.15, -0.1) is 0 Å². The average Bonchev–Trinajstić information content (AvgIpc) is 3.12. The lowest BCUT2D eigenvalue weighted by Crippen LogP contribution is -2.41. The van der Waals surface area contributed by atoms with E-state index in [-0.39, 0.29) is 24.2 Å². The Morgan fingerprint density at radius 1 is 1.24 bits per heavy atom. The van der Waals surface area contributed by atoms with Gasteiger partial charge in [-0.25, -0.2) is 14.6 Å². The largest absolute Gasteiger partial charge is 0.464 e. The third kappa shape index (κ3) is 5.61. The number of ether oxygens (including phenoxy) is 2. The van der Waals surface area contributed by atoms with Crippen molar-refractivity contribution in [2.24, 2.45) is 0 Å². The highest BCUT2D eigenvalue weighted by Gasteiger charge is 2.18. The second-order valence-corrected chi connectivity index (χ2v) is 5.18. The third-order valence-corrected chi connectivity index (χ3v) is 3.41. The Hall–Kier alpha value is -2.87. The van der Waals surface area contributed by atoms with Crippen molar-refractivity contribution in [3.63, 3.8) is 0 Å². The maximum atomic E-state index is 12.4. The van der Waals surface area contributed by atoms with E-state index in [1.54, 1.807) is 7.11 Å². The molecular formula is C17H21N3O5. The van der Waals surface area contributed by atoms with E-state index in [1.807, 2.05) is 30.3 Å². The van der Waals surface area contributed by atoms with E-state index < -0.39 is 5.97 Å².